The third kappa shape index (κ3) is 7.07. The molecule has 1 aliphatic rings. The van der Waals surface area contributed by atoms with Crippen LogP contribution in [0.15, 0.2) is 11.8 Å². The van der Waals surface area contributed by atoms with E-state index in [2.05, 4.69) is 24.5 Å². The highest BCUT2D eigenvalue weighted by molar-refractivity contribution is 6.76. The van der Waals surface area contributed by atoms with Gasteiger partial charge in [0.1, 0.15) is 5.70 Å². The van der Waals surface area contributed by atoms with Gasteiger partial charge in [0.25, 0.3) is 0 Å². The number of ether oxygens (including phenoxy) is 2. The molecule has 0 amide bonds. The van der Waals surface area contributed by atoms with Gasteiger partial charge in [0.15, 0.2) is 0 Å². The zero-order valence-corrected chi connectivity index (χ0v) is 16.9. The average Bonchev–Trinajstić information content (AvgIpc) is 2.51. The van der Waals surface area contributed by atoms with E-state index < -0.39 is 20.0 Å². The molecule has 0 unspecified atom stereocenters. The first-order valence-electron chi connectivity index (χ1n) is 9.10. The molecule has 24 heavy (non-hydrogen) atoms. The Morgan fingerprint density at radius 3 is 2.12 bits per heavy atom. The summed E-state index contributed by atoms with van der Waals surface area (Å²) in [6.45, 7) is 11.0. The minimum Gasteiger partial charge on any atom is -0.463 e. The second-order valence-electron chi connectivity index (χ2n) is 7.48. The SMILES string of the molecule is CCOC(=O)C=C(C(=O)OCC)N(C[Si](C)(C)C)C1CCCCC1. The molecule has 1 saturated carbocycles. The fraction of sp³-hybridized carbons (Fsp3) is 0.778. The van der Waals surface area contributed by atoms with E-state index in [1.165, 1.54) is 25.3 Å². The molecule has 6 heteroatoms. The van der Waals surface area contributed by atoms with Crippen LogP contribution in [0.5, 0.6) is 0 Å². The van der Waals surface area contributed by atoms with Crippen molar-refractivity contribution in [3.63, 3.8) is 0 Å². The predicted octanol–water partition coefficient (Wildman–Crippen LogP) is 3.51. The van der Waals surface area contributed by atoms with Gasteiger partial charge in [-0.1, -0.05) is 38.9 Å². The summed E-state index contributed by atoms with van der Waals surface area (Å²) >= 11 is 0. The van der Waals surface area contributed by atoms with Gasteiger partial charge in [-0.05, 0) is 26.7 Å². The minimum absolute atomic E-state index is 0.295. The molecule has 0 radical (unpaired) electrons. The largest absolute Gasteiger partial charge is 0.463 e. The molecule has 0 saturated heterocycles. The quantitative estimate of drug-likeness (QED) is 0.379. The summed E-state index contributed by atoms with van der Waals surface area (Å²) in [7, 11) is -1.48. The van der Waals surface area contributed by atoms with Gasteiger partial charge in [-0.2, -0.15) is 0 Å². The summed E-state index contributed by atoms with van der Waals surface area (Å²) < 4.78 is 10.3. The molecular weight excluding hydrogens is 322 g/mol. The van der Waals surface area contributed by atoms with Gasteiger partial charge < -0.3 is 14.4 Å². The molecule has 5 nitrogen and oxygen atoms in total. The molecule has 0 N–H and O–H groups in total. The van der Waals surface area contributed by atoms with E-state index in [1.807, 2.05) is 0 Å². The third-order valence-electron chi connectivity index (χ3n) is 4.00. The zero-order chi connectivity index (χ0) is 18.2. The van der Waals surface area contributed by atoms with Crippen molar-refractivity contribution in [2.24, 2.45) is 0 Å². The van der Waals surface area contributed by atoms with Crippen LogP contribution in [-0.2, 0) is 19.1 Å². The highest BCUT2D eigenvalue weighted by Crippen LogP contribution is 2.27. The molecule has 0 atom stereocenters. The Hall–Kier alpha value is -1.30. The Balaban J connectivity index is 3.15. The maximum atomic E-state index is 12.5. The number of carbonyl (C=O) groups is 2. The van der Waals surface area contributed by atoms with Crippen LogP contribution in [0.25, 0.3) is 0 Å². The molecule has 0 aromatic heterocycles. The molecule has 1 rings (SSSR count). The molecule has 1 aliphatic carbocycles. The van der Waals surface area contributed by atoms with Crippen LogP contribution < -0.4 is 0 Å². The zero-order valence-electron chi connectivity index (χ0n) is 15.9. The number of hydrogen-bond acceptors (Lipinski definition) is 5. The smallest absolute Gasteiger partial charge is 0.354 e. The number of esters is 2. The number of hydrogen-bond donors (Lipinski definition) is 0. The van der Waals surface area contributed by atoms with Crippen molar-refractivity contribution in [3.05, 3.63) is 11.8 Å². The molecule has 1 fully saturated rings. The maximum absolute atomic E-state index is 12.5. The van der Waals surface area contributed by atoms with E-state index in [1.54, 1.807) is 13.8 Å². The number of rotatable bonds is 8. The van der Waals surface area contributed by atoms with Gasteiger partial charge in [-0.3, -0.25) is 0 Å². The van der Waals surface area contributed by atoms with Crippen molar-refractivity contribution in [1.82, 2.24) is 4.90 Å². The molecule has 0 aromatic rings. The third-order valence-corrected chi connectivity index (χ3v) is 5.28. The molecule has 0 aromatic carbocycles. The average molecular weight is 356 g/mol. The molecular formula is C18H33NO4Si. The van der Waals surface area contributed by atoms with Crippen LogP contribution in [0, 0.1) is 0 Å². The van der Waals surface area contributed by atoms with Gasteiger partial charge in [0.2, 0.25) is 0 Å². The van der Waals surface area contributed by atoms with Crippen molar-refractivity contribution < 1.29 is 19.1 Å². The highest BCUT2D eigenvalue weighted by Gasteiger charge is 2.31. The van der Waals surface area contributed by atoms with Crippen LogP contribution >= 0.6 is 0 Å². The highest BCUT2D eigenvalue weighted by atomic mass is 28.3. The monoisotopic (exact) mass is 355 g/mol. The first kappa shape index (κ1) is 20.7. The van der Waals surface area contributed by atoms with Crippen LogP contribution in [-0.4, -0.2) is 50.3 Å². The van der Waals surface area contributed by atoms with E-state index in [0.29, 0.717) is 25.0 Å². The lowest BCUT2D eigenvalue weighted by Gasteiger charge is -2.39. The predicted molar refractivity (Wildman–Crippen MR) is 98.3 cm³/mol. The van der Waals surface area contributed by atoms with Crippen molar-refractivity contribution in [3.8, 4) is 0 Å². The summed E-state index contributed by atoms with van der Waals surface area (Å²) in [4.78, 5) is 26.7. The molecule has 0 spiro atoms. The summed E-state index contributed by atoms with van der Waals surface area (Å²) in [5.74, 6) is -0.897. The lowest BCUT2D eigenvalue weighted by atomic mass is 9.94. The van der Waals surface area contributed by atoms with Crippen molar-refractivity contribution in [2.75, 3.05) is 19.4 Å². The number of carbonyl (C=O) groups excluding carboxylic acids is 2. The van der Waals surface area contributed by atoms with E-state index in [4.69, 9.17) is 9.47 Å². The molecule has 0 heterocycles. The fourth-order valence-electron chi connectivity index (χ4n) is 3.07. The van der Waals surface area contributed by atoms with E-state index in [-0.39, 0.29) is 0 Å². The normalized spacial score (nSPS) is 16.6. The van der Waals surface area contributed by atoms with Gasteiger partial charge in [-0.15, -0.1) is 0 Å². The van der Waals surface area contributed by atoms with Crippen molar-refractivity contribution in [1.29, 1.82) is 0 Å². The number of nitrogens with zero attached hydrogens (tertiary/aromatic N) is 1. The first-order chi connectivity index (χ1) is 11.3. The van der Waals surface area contributed by atoms with Gasteiger partial charge in [-0.25, -0.2) is 9.59 Å². The van der Waals surface area contributed by atoms with E-state index >= 15 is 0 Å². The Kier molecular flexibility index (Phi) is 8.52. The summed E-state index contributed by atoms with van der Waals surface area (Å²) in [6, 6.07) is 0.301. The topological polar surface area (TPSA) is 55.8 Å². The second kappa shape index (κ2) is 9.86. The van der Waals surface area contributed by atoms with Crippen LogP contribution in [0.2, 0.25) is 19.6 Å². The van der Waals surface area contributed by atoms with Crippen LogP contribution in [0.3, 0.4) is 0 Å². The van der Waals surface area contributed by atoms with E-state index in [0.717, 1.165) is 19.0 Å². The van der Waals surface area contributed by atoms with Crippen molar-refractivity contribution >= 4 is 20.0 Å². The maximum Gasteiger partial charge on any atom is 0.354 e. The Bertz CT molecular complexity index is 450. The Labute approximate surface area is 147 Å². The van der Waals surface area contributed by atoms with Gasteiger partial charge >= 0.3 is 11.9 Å². The van der Waals surface area contributed by atoms with Gasteiger partial charge in [0.05, 0.1) is 27.4 Å². The van der Waals surface area contributed by atoms with Crippen LogP contribution in [0.1, 0.15) is 46.0 Å². The summed E-state index contributed by atoms with van der Waals surface area (Å²) in [6.07, 6.45) is 7.87. The van der Waals surface area contributed by atoms with Crippen molar-refractivity contribution in [2.45, 2.75) is 71.6 Å². The molecule has 138 valence electrons. The lowest BCUT2D eigenvalue weighted by molar-refractivity contribution is -0.142. The standard InChI is InChI=1S/C18H33NO4Si/c1-6-22-17(20)13-16(18(21)23-7-2)19(14-24(3,4)5)15-11-9-8-10-12-15/h13,15H,6-12,14H2,1-5H3. The van der Waals surface area contributed by atoms with Gasteiger partial charge in [0, 0.05) is 12.2 Å². The second-order valence-corrected chi connectivity index (χ2v) is 12.9. The van der Waals surface area contributed by atoms with Crippen LogP contribution in [0.4, 0.5) is 0 Å². The molecule has 0 bridgehead atoms. The molecule has 0 aliphatic heterocycles. The minimum atomic E-state index is -1.48. The Morgan fingerprint density at radius 2 is 1.62 bits per heavy atom. The van der Waals surface area contributed by atoms with E-state index in [9.17, 15) is 9.59 Å². The lowest BCUT2D eigenvalue weighted by Crippen LogP contribution is -2.47. The Morgan fingerprint density at radius 1 is 1.04 bits per heavy atom. The first-order valence-corrected chi connectivity index (χ1v) is 12.8. The summed E-state index contributed by atoms with van der Waals surface area (Å²) in [5, 5.41) is 0. The fourth-order valence-corrected chi connectivity index (χ4v) is 4.53. The summed E-state index contributed by atoms with van der Waals surface area (Å²) in [5.41, 5.74) is 0.365.